The molecule has 0 bridgehead atoms. The molecule has 106 valence electrons. The Morgan fingerprint density at radius 1 is 0.889 bits per heavy atom. The average Bonchev–Trinajstić information content (AvgIpc) is 2.10. The molecule has 0 aromatic rings. The van der Waals surface area contributed by atoms with Crippen molar-refractivity contribution in [2.75, 3.05) is 0 Å². The van der Waals surface area contributed by atoms with E-state index in [-0.39, 0.29) is 6.08 Å². The average molecular weight is 318 g/mol. The minimum absolute atomic E-state index is 0.147. The van der Waals surface area contributed by atoms with Crippen LogP contribution < -0.4 is 0 Å². The van der Waals surface area contributed by atoms with Crippen LogP contribution in [-0.4, -0.2) is 27.9 Å². The molecule has 0 heterocycles. The summed E-state index contributed by atoms with van der Waals surface area (Å²) in [6, 6.07) is 0. The fraction of sp³-hybridized carbons (Fsp3) is 0.333. The van der Waals surface area contributed by atoms with Crippen molar-refractivity contribution in [3.05, 3.63) is 23.0 Å². The Bertz CT molecular complexity index is 562. The zero-order valence-corrected chi connectivity index (χ0v) is 9.71. The van der Waals surface area contributed by atoms with Gasteiger partial charge >= 0.3 is 11.0 Å². The Hall–Kier alpha value is -1.04. The normalized spacial score (nSPS) is 15.6. The summed E-state index contributed by atoms with van der Waals surface area (Å²) in [5.41, 5.74) is -11.9. The minimum Gasteiger partial charge on any atom is -0.215 e. The number of rotatable bonds is 3. The molecule has 0 aliphatic rings. The molecule has 0 unspecified atom stereocenters. The summed E-state index contributed by atoms with van der Waals surface area (Å²) in [7, 11) is -12.4. The van der Waals surface area contributed by atoms with E-state index in [1.807, 2.05) is 0 Å². The van der Waals surface area contributed by atoms with Crippen LogP contribution in [0.4, 0.5) is 26.3 Å². The van der Waals surface area contributed by atoms with Crippen molar-refractivity contribution < 1.29 is 43.2 Å². The van der Waals surface area contributed by atoms with Gasteiger partial charge in [-0.1, -0.05) is 6.58 Å². The highest BCUT2D eigenvalue weighted by atomic mass is 32.2. The summed E-state index contributed by atoms with van der Waals surface area (Å²) in [5.74, 6) is 0. The van der Waals surface area contributed by atoms with Gasteiger partial charge < -0.3 is 0 Å². The minimum atomic E-state index is -6.22. The smallest absolute Gasteiger partial charge is 0.215 e. The third kappa shape index (κ3) is 3.25. The van der Waals surface area contributed by atoms with Crippen molar-refractivity contribution in [1.29, 1.82) is 0 Å². The van der Waals surface area contributed by atoms with Gasteiger partial charge in [0, 0.05) is 0 Å². The van der Waals surface area contributed by atoms with Crippen molar-refractivity contribution in [3.63, 3.8) is 0 Å². The molecule has 0 saturated heterocycles. The first-order valence-corrected chi connectivity index (χ1v) is 6.66. The van der Waals surface area contributed by atoms with Gasteiger partial charge in [0.25, 0.3) is 19.7 Å². The second kappa shape index (κ2) is 4.57. The fourth-order valence-electron chi connectivity index (χ4n) is 0.575. The zero-order valence-electron chi connectivity index (χ0n) is 8.08. The van der Waals surface area contributed by atoms with E-state index < -0.39 is 41.0 Å². The topological polar surface area (TPSA) is 68.3 Å². The van der Waals surface area contributed by atoms with Crippen LogP contribution in [0.15, 0.2) is 23.0 Å². The van der Waals surface area contributed by atoms with Crippen LogP contribution in [0.1, 0.15) is 0 Å². The summed E-state index contributed by atoms with van der Waals surface area (Å²) >= 11 is 0. The lowest BCUT2D eigenvalue weighted by Gasteiger charge is -2.09. The van der Waals surface area contributed by atoms with Crippen molar-refractivity contribution >= 4 is 19.7 Å². The Morgan fingerprint density at radius 2 is 1.28 bits per heavy atom. The molecule has 0 aliphatic carbocycles. The highest BCUT2D eigenvalue weighted by molar-refractivity contribution is 7.99. The van der Waals surface area contributed by atoms with E-state index >= 15 is 0 Å². The molecule has 0 aromatic heterocycles. The quantitative estimate of drug-likeness (QED) is 0.588. The Kier molecular flexibility index (Phi) is 4.31. The monoisotopic (exact) mass is 318 g/mol. The molecule has 0 aliphatic heterocycles. The fourth-order valence-corrected chi connectivity index (χ4v) is 2.48. The predicted molar refractivity (Wildman–Crippen MR) is 48.2 cm³/mol. The number of sulfone groups is 2. The van der Waals surface area contributed by atoms with E-state index in [9.17, 15) is 43.2 Å². The molecule has 0 aromatic carbocycles. The number of allylic oxidation sites excluding steroid dienone is 1. The molecular weight excluding hydrogens is 314 g/mol. The van der Waals surface area contributed by atoms with E-state index in [1.165, 1.54) is 0 Å². The van der Waals surface area contributed by atoms with Gasteiger partial charge in [0.05, 0.1) is 10.3 Å². The summed E-state index contributed by atoms with van der Waals surface area (Å²) < 4.78 is 114. The molecule has 18 heavy (non-hydrogen) atoms. The lowest BCUT2D eigenvalue weighted by Crippen LogP contribution is -2.26. The highest BCUT2D eigenvalue weighted by Crippen LogP contribution is 2.33. The maximum atomic E-state index is 12.0. The van der Waals surface area contributed by atoms with Crippen molar-refractivity contribution in [2.24, 2.45) is 0 Å². The van der Waals surface area contributed by atoms with Crippen LogP contribution in [0, 0.1) is 0 Å². The van der Waals surface area contributed by atoms with E-state index in [1.54, 1.807) is 0 Å². The first-order chi connectivity index (χ1) is 7.67. The van der Waals surface area contributed by atoms with Crippen LogP contribution >= 0.6 is 0 Å². The van der Waals surface area contributed by atoms with E-state index in [0.717, 1.165) is 0 Å². The third-order valence-corrected chi connectivity index (χ3v) is 4.28. The Morgan fingerprint density at radius 3 is 1.50 bits per heavy atom. The molecule has 4 nitrogen and oxygen atoms in total. The maximum Gasteiger partial charge on any atom is 0.501 e. The maximum absolute atomic E-state index is 12.0. The lowest BCUT2D eigenvalue weighted by atomic mass is 10.6. The first-order valence-electron chi connectivity index (χ1n) is 3.63. The lowest BCUT2D eigenvalue weighted by molar-refractivity contribution is -0.0436. The van der Waals surface area contributed by atoms with E-state index in [4.69, 9.17) is 0 Å². The molecule has 0 rings (SSSR count). The molecule has 12 heteroatoms. The largest absolute Gasteiger partial charge is 0.501 e. The number of hydrogen-bond donors (Lipinski definition) is 0. The SMILES string of the molecule is C=CC(=CS(=O)(=O)C(F)(F)F)S(=O)(=O)C(F)(F)F. The summed E-state index contributed by atoms with van der Waals surface area (Å²) in [5, 5.41) is -1.04. The van der Waals surface area contributed by atoms with Crippen LogP contribution in [-0.2, 0) is 19.7 Å². The highest BCUT2D eigenvalue weighted by Gasteiger charge is 2.50. The summed E-state index contributed by atoms with van der Waals surface area (Å²) in [6.07, 6.45) is -0.147. The van der Waals surface area contributed by atoms with Crippen LogP contribution in [0.5, 0.6) is 0 Å². The van der Waals surface area contributed by atoms with E-state index in [0.29, 0.717) is 0 Å². The molecule has 0 fully saturated rings. The third-order valence-electron chi connectivity index (χ3n) is 1.41. The van der Waals surface area contributed by atoms with E-state index in [2.05, 4.69) is 6.58 Å². The second-order valence-corrected chi connectivity index (χ2v) is 6.39. The molecular formula is C6H4F6O4S2. The molecule has 0 spiro atoms. The Labute approximate surface area is 97.4 Å². The number of hydrogen-bond acceptors (Lipinski definition) is 4. The van der Waals surface area contributed by atoms with Gasteiger partial charge in [0.1, 0.15) is 0 Å². The van der Waals surface area contributed by atoms with Gasteiger partial charge in [-0.3, -0.25) is 0 Å². The molecule has 0 radical (unpaired) electrons. The number of alkyl halides is 6. The van der Waals surface area contributed by atoms with Gasteiger partial charge in [0.15, 0.2) is 0 Å². The van der Waals surface area contributed by atoms with Gasteiger partial charge in [-0.05, 0) is 6.08 Å². The molecule has 0 saturated carbocycles. The standard InChI is InChI=1S/C6H4F6O4S2/c1-2-4(18(15,16)6(10,11)12)3-17(13,14)5(7,8)9/h2-3H,1H2. The summed E-state index contributed by atoms with van der Waals surface area (Å²) in [6.45, 7) is 2.53. The number of halogens is 6. The first kappa shape index (κ1) is 17.0. The van der Waals surface area contributed by atoms with Gasteiger partial charge in [0.2, 0.25) is 0 Å². The Balaban J connectivity index is 6.05. The van der Waals surface area contributed by atoms with Crippen molar-refractivity contribution in [2.45, 2.75) is 11.0 Å². The predicted octanol–water partition coefficient (Wildman–Crippen LogP) is 1.88. The second-order valence-electron chi connectivity index (χ2n) is 2.66. The summed E-state index contributed by atoms with van der Waals surface area (Å²) in [4.78, 5) is -2.10. The van der Waals surface area contributed by atoms with Crippen molar-refractivity contribution in [1.82, 2.24) is 0 Å². The van der Waals surface area contributed by atoms with Crippen LogP contribution in [0.2, 0.25) is 0 Å². The van der Waals surface area contributed by atoms with Crippen molar-refractivity contribution in [3.8, 4) is 0 Å². The molecule has 0 N–H and O–H groups in total. The van der Waals surface area contributed by atoms with Gasteiger partial charge in [-0.25, -0.2) is 16.8 Å². The van der Waals surface area contributed by atoms with Crippen LogP contribution in [0.25, 0.3) is 0 Å². The zero-order chi connectivity index (χ0) is 15.0. The molecule has 0 amide bonds. The van der Waals surface area contributed by atoms with Crippen LogP contribution in [0.3, 0.4) is 0 Å². The van der Waals surface area contributed by atoms with Gasteiger partial charge in [-0.2, -0.15) is 26.3 Å². The van der Waals surface area contributed by atoms with Gasteiger partial charge in [-0.15, -0.1) is 0 Å². The molecule has 0 atom stereocenters.